The standard InChI is InChI=1S/C14H14N6/c1-11(17-13-5-3-7-15-9-13)12-4-2-6-14(8-12)20-10-16-18-19-20/h2-11,17H,1H3. The van der Waals surface area contributed by atoms with Crippen LogP contribution in [-0.2, 0) is 0 Å². The first-order chi connectivity index (χ1) is 9.83. The number of hydrogen-bond donors (Lipinski definition) is 1. The molecule has 2 heterocycles. The van der Waals surface area contributed by atoms with E-state index < -0.39 is 0 Å². The minimum Gasteiger partial charge on any atom is -0.377 e. The Hall–Kier alpha value is -2.76. The van der Waals surface area contributed by atoms with Gasteiger partial charge < -0.3 is 5.32 Å². The Morgan fingerprint density at radius 1 is 1.20 bits per heavy atom. The predicted molar refractivity (Wildman–Crippen MR) is 75.4 cm³/mol. The number of aromatic nitrogens is 5. The van der Waals surface area contributed by atoms with Crippen LogP contribution in [0.3, 0.4) is 0 Å². The average Bonchev–Trinajstić information content (AvgIpc) is 3.03. The normalized spacial score (nSPS) is 12.1. The molecule has 0 fully saturated rings. The van der Waals surface area contributed by atoms with Crippen molar-refractivity contribution in [3.63, 3.8) is 0 Å². The number of anilines is 1. The van der Waals surface area contributed by atoms with E-state index in [1.807, 2.05) is 30.5 Å². The summed E-state index contributed by atoms with van der Waals surface area (Å²) in [6, 6.07) is 12.2. The summed E-state index contributed by atoms with van der Waals surface area (Å²) in [5, 5.41) is 14.6. The summed E-state index contributed by atoms with van der Waals surface area (Å²) >= 11 is 0. The highest BCUT2D eigenvalue weighted by molar-refractivity contribution is 5.44. The molecule has 6 heteroatoms. The monoisotopic (exact) mass is 266 g/mol. The number of nitrogens with zero attached hydrogens (tertiary/aromatic N) is 5. The summed E-state index contributed by atoms with van der Waals surface area (Å²) in [6.45, 7) is 2.10. The lowest BCUT2D eigenvalue weighted by atomic mass is 10.1. The van der Waals surface area contributed by atoms with Crippen LogP contribution in [0, 0.1) is 0 Å². The zero-order valence-corrected chi connectivity index (χ0v) is 11.0. The van der Waals surface area contributed by atoms with Crippen LogP contribution in [0.15, 0.2) is 55.1 Å². The van der Waals surface area contributed by atoms with Crippen molar-refractivity contribution in [2.45, 2.75) is 13.0 Å². The summed E-state index contributed by atoms with van der Waals surface area (Å²) in [6.07, 6.45) is 5.15. The maximum absolute atomic E-state index is 4.10. The quantitative estimate of drug-likeness (QED) is 0.784. The molecule has 0 aliphatic carbocycles. The Morgan fingerprint density at radius 2 is 2.15 bits per heavy atom. The van der Waals surface area contributed by atoms with Crippen LogP contribution in [0.5, 0.6) is 0 Å². The zero-order chi connectivity index (χ0) is 13.8. The summed E-state index contributed by atoms with van der Waals surface area (Å²) in [5.41, 5.74) is 3.09. The fourth-order valence-electron chi connectivity index (χ4n) is 2.00. The van der Waals surface area contributed by atoms with Gasteiger partial charge in [0, 0.05) is 18.4 Å². The van der Waals surface area contributed by atoms with Gasteiger partial charge in [0.2, 0.25) is 0 Å². The zero-order valence-electron chi connectivity index (χ0n) is 11.0. The molecule has 6 nitrogen and oxygen atoms in total. The van der Waals surface area contributed by atoms with Crippen LogP contribution in [-0.4, -0.2) is 25.2 Å². The number of hydrogen-bond acceptors (Lipinski definition) is 5. The minimum atomic E-state index is 0.163. The third-order valence-corrected chi connectivity index (χ3v) is 3.03. The number of nitrogens with one attached hydrogen (secondary N) is 1. The first-order valence-corrected chi connectivity index (χ1v) is 6.33. The molecule has 1 N–H and O–H groups in total. The fourth-order valence-corrected chi connectivity index (χ4v) is 2.00. The first-order valence-electron chi connectivity index (χ1n) is 6.33. The van der Waals surface area contributed by atoms with Crippen molar-refractivity contribution in [3.8, 4) is 5.69 Å². The molecule has 0 amide bonds. The van der Waals surface area contributed by atoms with Crippen molar-refractivity contribution >= 4 is 5.69 Å². The second kappa shape index (κ2) is 5.48. The largest absolute Gasteiger partial charge is 0.377 e. The molecule has 0 bridgehead atoms. The van der Waals surface area contributed by atoms with Crippen molar-refractivity contribution in [2.24, 2.45) is 0 Å². The molecule has 0 radical (unpaired) electrons. The lowest BCUT2D eigenvalue weighted by Gasteiger charge is -2.16. The van der Waals surface area contributed by atoms with Crippen LogP contribution in [0.25, 0.3) is 5.69 Å². The third kappa shape index (κ3) is 2.64. The molecule has 0 saturated heterocycles. The van der Waals surface area contributed by atoms with E-state index in [9.17, 15) is 0 Å². The van der Waals surface area contributed by atoms with Gasteiger partial charge in [-0.15, -0.1) is 5.10 Å². The van der Waals surface area contributed by atoms with E-state index in [1.54, 1.807) is 17.2 Å². The fraction of sp³-hybridized carbons (Fsp3) is 0.143. The SMILES string of the molecule is CC(Nc1cccnc1)c1cccc(-n2cnnn2)c1. The van der Waals surface area contributed by atoms with E-state index in [0.29, 0.717) is 0 Å². The molecule has 2 aromatic heterocycles. The molecule has 0 aliphatic rings. The highest BCUT2D eigenvalue weighted by Gasteiger charge is 2.07. The molecule has 1 aromatic carbocycles. The van der Waals surface area contributed by atoms with Gasteiger partial charge in [-0.25, -0.2) is 4.68 Å². The van der Waals surface area contributed by atoms with Gasteiger partial charge in [0.1, 0.15) is 6.33 Å². The molecule has 20 heavy (non-hydrogen) atoms. The third-order valence-electron chi connectivity index (χ3n) is 3.03. The van der Waals surface area contributed by atoms with Gasteiger partial charge in [-0.05, 0) is 47.2 Å². The second-order valence-corrected chi connectivity index (χ2v) is 4.46. The van der Waals surface area contributed by atoms with E-state index >= 15 is 0 Å². The van der Waals surface area contributed by atoms with Gasteiger partial charge in [-0.1, -0.05) is 12.1 Å². The topological polar surface area (TPSA) is 68.5 Å². The van der Waals surface area contributed by atoms with E-state index in [-0.39, 0.29) is 6.04 Å². The summed E-state index contributed by atoms with van der Waals surface area (Å²) in [5.74, 6) is 0. The molecule has 1 atom stereocenters. The van der Waals surface area contributed by atoms with Crippen molar-refractivity contribution < 1.29 is 0 Å². The van der Waals surface area contributed by atoms with E-state index in [1.165, 1.54) is 0 Å². The molecular formula is C14H14N6. The van der Waals surface area contributed by atoms with Gasteiger partial charge in [0.05, 0.1) is 11.4 Å². The maximum Gasteiger partial charge on any atom is 0.143 e. The van der Waals surface area contributed by atoms with Crippen LogP contribution in [0.1, 0.15) is 18.5 Å². The minimum absolute atomic E-state index is 0.163. The Kier molecular flexibility index (Phi) is 3.36. The highest BCUT2D eigenvalue weighted by atomic mass is 15.5. The van der Waals surface area contributed by atoms with Gasteiger partial charge in [0.25, 0.3) is 0 Å². The summed E-state index contributed by atoms with van der Waals surface area (Å²) in [7, 11) is 0. The van der Waals surface area contributed by atoms with Gasteiger partial charge in [-0.2, -0.15) is 0 Å². The Morgan fingerprint density at radius 3 is 2.90 bits per heavy atom. The van der Waals surface area contributed by atoms with Crippen molar-refractivity contribution in [1.29, 1.82) is 0 Å². The average molecular weight is 266 g/mol. The summed E-state index contributed by atoms with van der Waals surface area (Å²) in [4.78, 5) is 4.10. The molecule has 100 valence electrons. The highest BCUT2D eigenvalue weighted by Crippen LogP contribution is 2.20. The molecule has 3 aromatic rings. The van der Waals surface area contributed by atoms with Crippen molar-refractivity contribution in [1.82, 2.24) is 25.2 Å². The van der Waals surface area contributed by atoms with Gasteiger partial charge in [-0.3, -0.25) is 4.98 Å². The number of tetrazole rings is 1. The molecule has 1 unspecified atom stereocenters. The van der Waals surface area contributed by atoms with E-state index in [0.717, 1.165) is 16.9 Å². The lowest BCUT2D eigenvalue weighted by molar-refractivity contribution is 0.785. The number of pyridine rings is 1. The first kappa shape index (κ1) is 12.3. The van der Waals surface area contributed by atoms with Crippen LogP contribution >= 0.6 is 0 Å². The number of rotatable bonds is 4. The predicted octanol–water partition coefficient (Wildman–Crippen LogP) is 2.23. The molecular weight excluding hydrogens is 252 g/mol. The van der Waals surface area contributed by atoms with E-state index in [4.69, 9.17) is 0 Å². The molecule has 0 saturated carbocycles. The van der Waals surface area contributed by atoms with Crippen LogP contribution in [0.2, 0.25) is 0 Å². The van der Waals surface area contributed by atoms with E-state index in [2.05, 4.69) is 44.9 Å². The maximum atomic E-state index is 4.10. The Labute approximate surface area is 116 Å². The molecule has 0 spiro atoms. The second-order valence-electron chi connectivity index (χ2n) is 4.46. The molecule has 3 rings (SSSR count). The van der Waals surface area contributed by atoms with Gasteiger partial charge in [0.15, 0.2) is 0 Å². The van der Waals surface area contributed by atoms with Gasteiger partial charge >= 0.3 is 0 Å². The van der Waals surface area contributed by atoms with Crippen molar-refractivity contribution in [3.05, 3.63) is 60.7 Å². The Balaban J connectivity index is 1.82. The van der Waals surface area contributed by atoms with Crippen LogP contribution in [0.4, 0.5) is 5.69 Å². The summed E-state index contributed by atoms with van der Waals surface area (Å²) < 4.78 is 1.64. The molecule has 0 aliphatic heterocycles. The Bertz CT molecular complexity index is 665. The number of benzene rings is 1. The lowest BCUT2D eigenvalue weighted by Crippen LogP contribution is -2.07. The van der Waals surface area contributed by atoms with Crippen LogP contribution < -0.4 is 5.32 Å². The smallest absolute Gasteiger partial charge is 0.143 e. The van der Waals surface area contributed by atoms with Crippen molar-refractivity contribution in [2.75, 3.05) is 5.32 Å².